The highest BCUT2D eigenvalue weighted by Crippen LogP contribution is 2.28. The number of rotatable bonds is 7. The number of hydrogen-bond donors (Lipinski definition) is 0. The minimum absolute atomic E-state index is 0.00125. The van der Waals surface area contributed by atoms with Gasteiger partial charge in [0.15, 0.2) is 0 Å². The minimum Gasteiger partial charge on any atom is -0.444 e. The highest BCUT2D eigenvalue weighted by molar-refractivity contribution is 9.10. The van der Waals surface area contributed by atoms with Crippen LogP contribution in [0.2, 0.25) is 5.02 Å². The molecule has 2 aliphatic heterocycles. The average Bonchev–Trinajstić information content (AvgIpc) is 3.10. The molecule has 2 fully saturated rings. The van der Waals surface area contributed by atoms with Gasteiger partial charge in [-0.2, -0.15) is 0 Å². The summed E-state index contributed by atoms with van der Waals surface area (Å²) in [7, 11) is 0. The molecule has 6 heteroatoms. The van der Waals surface area contributed by atoms with Gasteiger partial charge in [-0.05, 0) is 74.0 Å². The number of hydrogen-bond acceptors (Lipinski definition) is 3. The average molecular weight is 492 g/mol. The van der Waals surface area contributed by atoms with E-state index in [9.17, 15) is 4.79 Å². The maximum atomic E-state index is 12.2. The zero-order valence-electron chi connectivity index (χ0n) is 17.1. The molecule has 1 unspecified atom stereocenters. The van der Waals surface area contributed by atoms with E-state index in [0.29, 0.717) is 19.0 Å². The molecule has 2 aromatic carbocycles. The molecule has 4 rings (SSSR count). The van der Waals surface area contributed by atoms with E-state index in [0.717, 1.165) is 47.5 Å². The van der Waals surface area contributed by atoms with Crippen molar-refractivity contribution in [1.82, 2.24) is 9.80 Å². The third-order valence-corrected chi connectivity index (χ3v) is 7.17. The first kappa shape index (κ1) is 21.7. The van der Waals surface area contributed by atoms with Gasteiger partial charge in [-0.1, -0.05) is 57.9 Å². The Hall–Kier alpha value is -1.56. The third-order valence-electron chi connectivity index (χ3n) is 6.16. The van der Waals surface area contributed by atoms with Crippen molar-refractivity contribution in [2.24, 2.45) is 5.92 Å². The van der Waals surface area contributed by atoms with Gasteiger partial charge in [0.2, 0.25) is 0 Å². The Morgan fingerprint density at radius 1 is 1.10 bits per heavy atom. The zero-order chi connectivity index (χ0) is 20.9. The monoisotopic (exact) mass is 490 g/mol. The van der Waals surface area contributed by atoms with Crippen LogP contribution >= 0.6 is 27.5 Å². The molecule has 0 radical (unpaired) electrons. The molecule has 1 amide bonds. The van der Waals surface area contributed by atoms with E-state index in [4.69, 9.17) is 16.3 Å². The van der Waals surface area contributed by atoms with Gasteiger partial charge in [-0.3, -0.25) is 0 Å². The van der Waals surface area contributed by atoms with Gasteiger partial charge >= 0.3 is 6.09 Å². The number of nitrogens with zero attached hydrogens (tertiary/aromatic N) is 2. The van der Waals surface area contributed by atoms with Crippen LogP contribution in [0.15, 0.2) is 53.0 Å². The van der Waals surface area contributed by atoms with Crippen molar-refractivity contribution < 1.29 is 9.53 Å². The van der Waals surface area contributed by atoms with Crippen LogP contribution in [0.5, 0.6) is 0 Å². The summed E-state index contributed by atoms with van der Waals surface area (Å²) in [6.07, 6.45) is 4.19. The van der Waals surface area contributed by atoms with Crippen LogP contribution < -0.4 is 0 Å². The van der Waals surface area contributed by atoms with Gasteiger partial charge in [0, 0.05) is 22.6 Å². The van der Waals surface area contributed by atoms with Gasteiger partial charge in [0.05, 0.1) is 6.54 Å². The van der Waals surface area contributed by atoms with Gasteiger partial charge < -0.3 is 14.5 Å². The maximum Gasteiger partial charge on any atom is 0.410 e. The molecule has 0 aliphatic carbocycles. The van der Waals surface area contributed by atoms with Gasteiger partial charge in [-0.25, -0.2) is 4.79 Å². The Labute approximate surface area is 192 Å². The molecule has 0 aromatic heterocycles. The smallest absolute Gasteiger partial charge is 0.410 e. The molecule has 1 atom stereocenters. The number of piperidine rings is 1. The van der Waals surface area contributed by atoms with Gasteiger partial charge in [0.25, 0.3) is 0 Å². The summed E-state index contributed by atoms with van der Waals surface area (Å²) in [5.41, 5.74) is 2.45. The van der Waals surface area contributed by atoms with E-state index >= 15 is 0 Å². The van der Waals surface area contributed by atoms with Crippen LogP contribution in [0.4, 0.5) is 4.79 Å². The first-order chi connectivity index (χ1) is 14.6. The van der Waals surface area contributed by atoms with Crippen LogP contribution in [0, 0.1) is 5.92 Å². The zero-order valence-corrected chi connectivity index (χ0v) is 19.4. The van der Waals surface area contributed by atoms with E-state index in [1.54, 1.807) is 0 Å². The molecular weight excluding hydrogens is 464 g/mol. The molecule has 0 saturated carbocycles. The standard InChI is InChI=1S/C24H28BrClN2O2/c25-23-7-6-21(26)15-20(23)14-18-8-11-27(12-9-18)13-10-22-17-28(24(29)30-22)16-19-4-2-1-3-5-19/h1-7,15,18,22H,8-14,16-17H2. The first-order valence-electron chi connectivity index (χ1n) is 10.7. The Balaban J connectivity index is 1.19. The topological polar surface area (TPSA) is 32.8 Å². The number of benzene rings is 2. The number of cyclic esters (lactones) is 1. The molecule has 4 nitrogen and oxygen atoms in total. The van der Waals surface area contributed by atoms with Crippen molar-refractivity contribution >= 4 is 33.6 Å². The number of halogens is 2. The lowest BCUT2D eigenvalue weighted by molar-refractivity contribution is 0.113. The number of carbonyl (C=O) groups is 1. The van der Waals surface area contributed by atoms with Crippen molar-refractivity contribution in [3.63, 3.8) is 0 Å². The Kier molecular flexibility index (Phi) is 7.34. The van der Waals surface area contributed by atoms with E-state index < -0.39 is 0 Å². The number of amides is 1. The lowest BCUT2D eigenvalue weighted by Gasteiger charge is -2.32. The van der Waals surface area contributed by atoms with E-state index in [2.05, 4.69) is 26.9 Å². The van der Waals surface area contributed by atoms with Crippen molar-refractivity contribution in [2.75, 3.05) is 26.2 Å². The molecule has 2 heterocycles. The summed E-state index contributed by atoms with van der Waals surface area (Å²) in [5.74, 6) is 0.696. The van der Waals surface area contributed by atoms with Crippen LogP contribution in [-0.2, 0) is 17.7 Å². The predicted octanol–water partition coefficient (Wildman–Crippen LogP) is 5.77. The second-order valence-electron chi connectivity index (χ2n) is 8.39. The fraction of sp³-hybridized carbons (Fsp3) is 0.458. The summed E-state index contributed by atoms with van der Waals surface area (Å²) in [6, 6.07) is 16.1. The Morgan fingerprint density at radius 2 is 1.87 bits per heavy atom. The number of carbonyl (C=O) groups excluding carboxylic acids is 1. The number of likely N-dealkylation sites (tertiary alicyclic amines) is 1. The number of ether oxygens (including phenoxy) is 1. The van der Waals surface area contributed by atoms with Crippen LogP contribution in [0.1, 0.15) is 30.4 Å². The van der Waals surface area contributed by atoms with Crippen molar-refractivity contribution in [3.05, 3.63) is 69.2 Å². The molecule has 2 aromatic rings. The molecule has 0 N–H and O–H groups in total. The molecular formula is C24H28BrClN2O2. The third kappa shape index (κ3) is 5.77. The Bertz CT molecular complexity index is 856. The summed E-state index contributed by atoms with van der Waals surface area (Å²) >= 11 is 9.81. The maximum absolute atomic E-state index is 12.2. The largest absolute Gasteiger partial charge is 0.444 e. The molecule has 160 valence electrons. The van der Waals surface area contributed by atoms with Crippen LogP contribution in [0.3, 0.4) is 0 Å². The normalized spacial score (nSPS) is 20.5. The second-order valence-corrected chi connectivity index (χ2v) is 9.68. The summed E-state index contributed by atoms with van der Waals surface area (Å²) < 4.78 is 6.75. The fourth-order valence-electron chi connectivity index (χ4n) is 4.41. The highest BCUT2D eigenvalue weighted by atomic mass is 79.9. The molecule has 2 saturated heterocycles. The molecule has 0 spiro atoms. The van der Waals surface area contributed by atoms with E-state index in [1.807, 2.05) is 47.4 Å². The van der Waals surface area contributed by atoms with Gasteiger partial charge in [0.1, 0.15) is 6.10 Å². The van der Waals surface area contributed by atoms with Crippen LogP contribution in [-0.4, -0.2) is 48.2 Å². The molecule has 30 heavy (non-hydrogen) atoms. The lowest BCUT2D eigenvalue weighted by atomic mass is 9.90. The summed E-state index contributed by atoms with van der Waals surface area (Å²) in [6.45, 7) is 4.52. The lowest BCUT2D eigenvalue weighted by Crippen LogP contribution is -2.36. The van der Waals surface area contributed by atoms with Gasteiger partial charge in [-0.15, -0.1) is 0 Å². The quantitative estimate of drug-likeness (QED) is 0.493. The second kappa shape index (κ2) is 10.2. The predicted molar refractivity (Wildman–Crippen MR) is 124 cm³/mol. The molecule has 0 bridgehead atoms. The SMILES string of the molecule is O=C1OC(CCN2CCC(Cc3cc(Cl)ccc3Br)CC2)CN1Cc1ccccc1. The van der Waals surface area contributed by atoms with Crippen molar-refractivity contribution in [3.8, 4) is 0 Å². The van der Waals surface area contributed by atoms with Crippen molar-refractivity contribution in [2.45, 2.75) is 38.3 Å². The highest BCUT2D eigenvalue weighted by Gasteiger charge is 2.31. The minimum atomic E-state index is -0.185. The van der Waals surface area contributed by atoms with Crippen molar-refractivity contribution in [1.29, 1.82) is 0 Å². The van der Waals surface area contributed by atoms with Crippen LogP contribution in [0.25, 0.3) is 0 Å². The summed E-state index contributed by atoms with van der Waals surface area (Å²) in [5, 5.41) is 0.804. The van der Waals surface area contributed by atoms with E-state index in [-0.39, 0.29) is 12.2 Å². The van der Waals surface area contributed by atoms with E-state index in [1.165, 1.54) is 18.4 Å². The summed E-state index contributed by atoms with van der Waals surface area (Å²) in [4.78, 5) is 16.5. The molecule has 2 aliphatic rings. The fourth-order valence-corrected chi connectivity index (χ4v) is 5.01. The first-order valence-corrected chi connectivity index (χ1v) is 11.9. The Morgan fingerprint density at radius 3 is 2.63 bits per heavy atom.